The van der Waals surface area contributed by atoms with E-state index in [0.29, 0.717) is 37.2 Å². The van der Waals surface area contributed by atoms with Gasteiger partial charge < -0.3 is 14.4 Å². The van der Waals surface area contributed by atoms with E-state index in [0.717, 1.165) is 22.4 Å². The van der Waals surface area contributed by atoms with E-state index >= 15 is 0 Å². The molecule has 0 fully saturated rings. The summed E-state index contributed by atoms with van der Waals surface area (Å²) in [6.45, 7) is 4.20. The molecule has 3 aromatic carbocycles. The molecule has 2 heterocycles. The first-order valence-electron chi connectivity index (χ1n) is 12.3. The van der Waals surface area contributed by atoms with Crippen LogP contribution in [0.15, 0.2) is 83.9 Å². The van der Waals surface area contributed by atoms with E-state index in [1.54, 1.807) is 11.0 Å². The predicted octanol–water partition coefficient (Wildman–Crippen LogP) is 4.33. The maximum atomic E-state index is 13.2. The van der Waals surface area contributed by atoms with Crippen molar-refractivity contribution >= 4 is 16.8 Å². The quantitative estimate of drug-likeness (QED) is 0.391. The number of nitrogens with zero attached hydrogens (tertiary/aromatic N) is 3. The summed E-state index contributed by atoms with van der Waals surface area (Å²) < 4.78 is 13.5. The Kier molecular flexibility index (Phi) is 7.09. The summed E-state index contributed by atoms with van der Waals surface area (Å²) in [6.07, 6.45) is 1.53. The van der Waals surface area contributed by atoms with Crippen molar-refractivity contribution in [2.75, 3.05) is 19.8 Å². The Morgan fingerprint density at radius 3 is 2.69 bits per heavy atom. The zero-order chi connectivity index (χ0) is 24.9. The first-order chi connectivity index (χ1) is 17.6. The minimum atomic E-state index is -0.193. The van der Waals surface area contributed by atoms with Gasteiger partial charge in [0.15, 0.2) is 0 Å². The summed E-state index contributed by atoms with van der Waals surface area (Å²) in [5.74, 6) is 0.758. The van der Waals surface area contributed by atoms with Crippen molar-refractivity contribution in [1.29, 1.82) is 0 Å². The van der Waals surface area contributed by atoms with Crippen molar-refractivity contribution in [2.24, 2.45) is 0 Å². The molecule has 1 atom stereocenters. The number of ether oxygens (including phenoxy) is 2. The highest BCUT2D eigenvalue weighted by Crippen LogP contribution is 2.31. The minimum Gasteiger partial charge on any atom is -0.491 e. The Hall–Kier alpha value is -3.97. The normalized spacial score (nSPS) is 14.1. The number of hydrogen-bond acceptors (Lipinski definition) is 5. The molecule has 4 aromatic rings. The number of para-hydroxylation sites is 1. The average molecular weight is 484 g/mol. The third kappa shape index (κ3) is 5.02. The summed E-state index contributed by atoms with van der Waals surface area (Å²) in [5, 5.41) is 0.555. The van der Waals surface area contributed by atoms with Gasteiger partial charge in [-0.05, 0) is 42.3 Å². The van der Waals surface area contributed by atoms with Crippen LogP contribution in [0.1, 0.15) is 36.1 Å². The molecule has 0 aliphatic carbocycles. The van der Waals surface area contributed by atoms with Crippen molar-refractivity contribution in [3.8, 4) is 5.75 Å². The van der Waals surface area contributed by atoms with Crippen LogP contribution in [0.3, 0.4) is 0 Å². The summed E-state index contributed by atoms with van der Waals surface area (Å²) >= 11 is 0. The van der Waals surface area contributed by atoms with E-state index in [1.807, 2.05) is 55.5 Å². The molecule has 0 saturated carbocycles. The van der Waals surface area contributed by atoms with Crippen LogP contribution >= 0.6 is 0 Å². The highest BCUT2D eigenvalue weighted by atomic mass is 16.5. The molecule has 1 aliphatic rings. The Morgan fingerprint density at radius 2 is 1.86 bits per heavy atom. The molecule has 0 spiro atoms. The molecule has 0 radical (unpaired) electrons. The highest BCUT2D eigenvalue weighted by Gasteiger charge is 2.22. The molecule has 7 heteroatoms. The lowest BCUT2D eigenvalue weighted by Crippen LogP contribution is -2.34. The van der Waals surface area contributed by atoms with E-state index in [4.69, 9.17) is 9.47 Å². The zero-order valence-electron chi connectivity index (χ0n) is 20.3. The van der Waals surface area contributed by atoms with Crippen molar-refractivity contribution in [3.63, 3.8) is 0 Å². The van der Waals surface area contributed by atoms with Crippen molar-refractivity contribution in [3.05, 3.63) is 106 Å². The summed E-state index contributed by atoms with van der Waals surface area (Å²) in [4.78, 5) is 32.1. The van der Waals surface area contributed by atoms with Crippen LogP contribution in [0.5, 0.6) is 5.75 Å². The van der Waals surface area contributed by atoms with Gasteiger partial charge in [0, 0.05) is 31.7 Å². The fraction of sp³-hybridized carbons (Fsp3) is 0.276. The van der Waals surface area contributed by atoms with Gasteiger partial charge in [-0.3, -0.25) is 14.2 Å². The number of carbonyl (C=O) groups excluding carboxylic acids is 1. The third-order valence-electron chi connectivity index (χ3n) is 6.45. The van der Waals surface area contributed by atoms with Crippen LogP contribution in [0.25, 0.3) is 10.9 Å². The van der Waals surface area contributed by atoms with Crippen LogP contribution < -0.4 is 10.3 Å². The molecule has 5 rings (SSSR count). The second-order valence-corrected chi connectivity index (χ2v) is 8.79. The van der Waals surface area contributed by atoms with Gasteiger partial charge in [0.2, 0.25) is 5.91 Å². The first-order valence-corrected chi connectivity index (χ1v) is 12.3. The lowest BCUT2D eigenvalue weighted by Gasteiger charge is -2.22. The molecule has 7 nitrogen and oxygen atoms in total. The molecule has 1 aromatic heterocycles. The van der Waals surface area contributed by atoms with Crippen molar-refractivity contribution in [1.82, 2.24) is 14.5 Å². The second kappa shape index (κ2) is 10.7. The Bertz CT molecular complexity index is 1420. The first kappa shape index (κ1) is 23.8. The number of aryl methyl sites for hydroxylation is 1. The van der Waals surface area contributed by atoms with E-state index < -0.39 is 0 Å². The number of carbonyl (C=O) groups is 1. The van der Waals surface area contributed by atoms with Gasteiger partial charge in [0.05, 0.1) is 23.8 Å². The van der Waals surface area contributed by atoms with Crippen molar-refractivity contribution in [2.45, 2.75) is 32.5 Å². The fourth-order valence-electron chi connectivity index (χ4n) is 4.61. The number of hydrogen-bond donors (Lipinski definition) is 0. The number of amides is 1. The molecule has 0 saturated heterocycles. The minimum absolute atomic E-state index is 0.0265. The monoisotopic (exact) mass is 483 g/mol. The zero-order valence-corrected chi connectivity index (χ0v) is 20.3. The molecule has 36 heavy (non-hydrogen) atoms. The topological polar surface area (TPSA) is 73.7 Å². The van der Waals surface area contributed by atoms with Gasteiger partial charge in [-0.15, -0.1) is 0 Å². The largest absolute Gasteiger partial charge is 0.491 e. The van der Waals surface area contributed by atoms with E-state index in [9.17, 15) is 9.59 Å². The third-order valence-corrected chi connectivity index (χ3v) is 6.45. The summed E-state index contributed by atoms with van der Waals surface area (Å²) in [5.41, 5.74) is 3.57. The van der Waals surface area contributed by atoms with Crippen LogP contribution in [0, 0.1) is 0 Å². The molecule has 1 aliphatic heterocycles. The van der Waals surface area contributed by atoms with Gasteiger partial charge >= 0.3 is 0 Å². The smallest absolute Gasteiger partial charge is 0.261 e. The SMILES string of the molecule is CCOC(c1ccccc1)c1ccc2c(c1)CN(C(=O)CCn1cnc3ccccc3c1=O)CCO2. The molecule has 184 valence electrons. The summed E-state index contributed by atoms with van der Waals surface area (Å²) in [6, 6.07) is 23.4. The van der Waals surface area contributed by atoms with Crippen LogP contribution in [0.2, 0.25) is 0 Å². The molecular weight excluding hydrogens is 454 g/mol. The van der Waals surface area contributed by atoms with Crippen molar-refractivity contribution < 1.29 is 14.3 Å². The van der Waals surface area contributed by atoms with Gasteiger partial charge in [-0.2, -0.15) is 0 Å². The standard InChI is InChI=1S/C29H29N3O4/c1-2-35-28(21-8-4-3-5-9-21)22-12-13-26-23(18-22)19-31(16-17-36-26)27(33)14-15-32-20-30-25-11-7-6-10-24(25)29(32)34/h3-13,18,20,28H,2,14-17,19H2,1H3. The summed E-state index contributed by atoms with van der Waals surface area (Å²) in [7, 11) is 0. The van der Waals surface area contributed by atoms with Gasteiger partial charge in [-0.25, -0.2) is 4.98 Å². The molecule has 0 bridgehead atoms. The molecule has 1 unspecified atom stereocenters. The maximum Gasteiger partial charge on any atom is 0.261 e. The van der Waals surface area contributed by atoms with Crippen LogP contribution in [0.4, 0.5) is 0 Å². The Labute approximate surface area is 209 Å². The molecule has 0 N–H and O–H groups in total. The van der Waals surface area contributed by atoms with Crippen LogP contribution in [-0.4, -0.2) is 40.1 Å². The molecular formula is C29H29N3O4. The second-order valence-electron chi connectivity index (χ2n) is 8.79. The predicted molar refractivity (Wildman–Crippen MR) is 138 cm³/mol. The van der Waals surface area contributed by atoms with Gasteiger partial charge in [-0.1, -0.05) is 48.5 Å². The van der Waals surface area contributed by atoms with E-state index in [1.165, 1.54) is 10.9 Å². The number of fused-ring (bicyclic) bond motifs is 2. The van der Waals surface area contributed by atoms with E-state index in [-0.39, 0.29) is 30.5 Å². The number of benzene rings is 3. The fourth-order valence-corrected chi connectivity index (χ4v) is 4.61. The number of rotatable bonds is 7. The van der Waals surface area contributed by atoms with E-state index in [2.05, 4.69) is 23.2 Å². The number of aromatic nitrogens is 2. The lowest BCUT2D eigenvalue weighted by molar-refractivity contribution is -0.132. The van der Waals surface area contributed by atoms with Gasteiger partial charge in [0.25, 0.3) is 5.56 Å². The average Bonchev–Trinajstić information content (AvgIpc) is 3.14. The highest BCUT2D eigenvalue weighted by molar-refractivity contribution is 5.77. The van der Waals surface area contributed by atoms with Crippen LogP contribution in [-0.2, 0) is 22.6 Å². The lowest BCUT2D eigenvalue weighted by atomic mass is 9.98. The Morgan fingerprint density at radius 1 is 1.06 bits per heavy atom. The van der Waals surface area contributed by atoms with Gasteiger partial charge in [0.1, 0.15) is 18.5 Å². The maximum absolute atomic E-state index is 13.2. The Balaban J connectivity index is 1.33. The molecule has 1 amide bonds.